The molecule has 1 heterocycles. The largest absolute Gasteiger partial charge is 0.454 e. The summed E-state index contributed by atoms with van der Waals surface area (Å²) >= 11 is 0. The highest BCUT2D eigenvalue weighted by molar-refractivity contribution is 7.88. The van der Waals surface area contributed by atoms with Crippen LogP contribution in [-0.4, -0.2) is 21.1 Å². The molecule has 2 aliphatic rings. The van der Waals surface area contributed by atoms with E-state index in [1.165, 1.54) is 36.4 Å². The highest BCUT2D eigenvalue weighted by atomic mass is 32.2. The Balaban J connectivity index is 1.40. The fraction of sp³-hybridized carbons (Fsp3) is 0.174. The summed E-state index contributed by atoms with van der Waals surface area (Å²) in [5.74, 6) is 0.345. The number of sulfonamides is 1. The van der Waals surface area contributed by atoms with Crippen molar-refractivity contribution in [3.05, 3.63) is 72.0 Å². The van der Waals surface area contributed by atoms with Gasteiger partial charge in [0.15, 0.2) is 11.5 Å². The average molecular weight is 453 g/mol. The Morgan fingerprint density at radius 3 is 2.31 bits per heavy atom. The first kappa shape index (κ1) is 20.5. The second-order valence-corrected chi connectivity index (χ2v) is 9.30. The number of nitrogens with one attached hydrogen (secondary N) is 2. The molecular formula is C23H18FN2O5S. The van der Waals surface area contributed by atoms with Crippen molar-refractivity contribution in [1.82, 2.24) is 5.14 Å². The summed E-state index contributed by atoms with van der Waals surface area (Å²) in [6, 6.07) is 15.4. The van der Waals surface area contributed by atoms with E-state index in [1.807, 2.05) is 6.07 Å². The van der Waals surface area contributed by atoms with Gasteiger partial charge in [0.05, 0.1) is 16.0 Å². The van der Waals surface area contributed by atoms with Crippen LogP contribution in [0.1, 0.15) is 18.4 Å². The number of hydrogen-bond donors (Lipinski definition) is 1. The molecule has 2 N–H and O–H groups in total. The summed E-state index contributed by atoms with van der Waals surface area (Å²) < 4.78 is 47.9. The van der Waals surface area contributed by atoms with E-state index in [9.17, 15) is 17.6 Å². The summed E-state index contributed by atoms with van der Waals surface area (Å²) in [6.07, 6.45) is 1.28. The van der Waals surface area contributed by atoms with E-state index < -0.39 is 21.3 Å². The second kappa shape index (κ2) is 7.32. The first-order valence-corrected chi connectivity index (χ1v) is 11.4. The van der Waals surface area contributed by atoms with Crippen molar-refractivity contribution in [2.24, 2.45) is 0 Å². The molecule has 0 bridgehead atoms. The first-order chi connectivity index (χ1) is 15.3. The minimum absolute atomic E-state index is 0.0386. The van der Waals surface area contributed by atoms with Gasteiger partial charge in [-0.25, -0.2) is 12.8 Å². The number of carbonyl (C=O) groups excluding carboxylic acids is 1. The van der Waals surface area contributed by atoms with Crippen LogP contribution in [0.5, 0.6) is 11.5 Å². The SMILES string of the molecule is [NH]S(=O)(=O)c1ccc(-c2ccc(F)c(NC(=O)C3(c4ccc5c(c4)OCO5)CC3)c2)cc1. The molecule has 1 aliphatic carbocycles. The van der Waals surface area contributed by atoms with E-state index in [0.717, 1.165) is 5.56 Å². The van der Waals surface area contributed by atoms with E-state index in [0.29, 0.717) is 35.5 Å². The number of amides is 1. The van der Waals surface area contributed by atoms with Gasteiger partial charge in [0.25, 0.3) is 10.0 Å². The molecule has 0 unspecified atom stereocenters. The maximum Gasteiger partial charge on any atom is 0.254 e. The summed E-state index contributed by atoms with van der Waals surface area (Å²) in [5, 5.41) is 9.84. The van der Waals surface area contributed by atoms with Crippen LogP contribution in [0.4, 0.5) is 10.1 Å². The van der Waals surface area contributed by atoms with Gasteiger partial charge in [-0.15, -0.1) is 5.14 Å². The molecule has 1 amide bonds. The molecule has 1 radical (unpaired) electrons. The molecule has 0 saturated heterocycles. The monoisotopic (exact) mass is 453 g/mol. The first-order valence-electron chi connectivity index (χ1n) is 9.87. The number of ether oxygens (including phenoxy) is 2. The number of fused-ring (bicyclic) bond motifs is 1. The fourth-order valence-electron chi connectivity index (χ4n) is 3.84. The number of halogens is 1. The molecule has 1 aliphatic heterocycles. The minimum atomic E-state index is -4.06. The van der Waals surface area contributed by atoms with Crippen molar-refractivity contribution in [3.63, 3.8) is 0 Å². The Kier molecular flexibility index (Phi) is 4.68. The molecule has 1 fully saturated rings. The maximum atomic E-state index is 14.5. The Morgan fingerprint density at radius 2 is 1.62 bits per heavy atom. The van der Waals surface area contributed by atoms with Gasteiger partial charge in [0, 0.05) is 0 Å². The smallest absolute Gasteiger partial charge is 0.254 e. The molecule has 3 aromatic rings. The molecule has 5 rings (SSSR count). The molecular weight excluding hydrogens is 435 g/mol. The predicted octanol–water partition coefficient (Wildman–Crippen LogP) is 3.86. The van der Waals surface area contributed by atoms with Crippen LogP contribution in [0.2, 0.25) is 0 Å². The van der Waals surface area contributed by atoms with Gasteiger partial charge in [-0.1, -0.05) is 24.3 Å². The molecule has 0 spiro atoms. The lowest BCUT2D eigenvalue weighted by atomic mass is 9.94. The molecule has 9 heteroatoms. The summed E-state index contributed by atoms with van der Waals surface area (Å²) in [7, 11) is -4.06. The zero-order valence-corrected chi connectivity index (χ0v) is 17.5. The molecule has 163 valence electrons. The van der Waals surface area contributed by atoms with E-state index in [1.54, 1.807) is 18.2 Å². The standard InChI is InChI=1S/C23H18FN2O5S/c24-18-7-3-15(14-1-5-17(6-2-14)32(25,28)29)11-19(18)26-22(27)23(9-10-23)16-4-8-20-21(12-16)31-13-30-20/h1-8,11-12,25H,9-10,13H2,(H,26,27). The molecule has 7 nitrogen and oxygen atoms in total. The van der Waals surface area contributed by atoms with E-state index in [-0.39, 0.29) is 23.3 Å². The Morgan fingerprint density at radius 1 is 0.938 bits per heavy atom. The van der Waals surface area contributed by atoms with Crippen LogP contribution in [-0.2, 0) is 20.2 Å². The summed E-state index contributed by atoms with van der Waals surface area (Å²) in [5.41, 5.74) is 1.32. The van der Waals surface area contributed by atoms with Crippen LogP contribution in [0.15, 0.2) is 65.6 Å². The third-order valence-electron chi connectivity index (χ3n) is 5.82. The van der Waals surface area contributed by atoms with E-state index in [4.69, 9.17) is 14.6 Å². The van der Waals surface area contributed by atoms with Crippen LogP contribution in [0, 0.1) is 5.82 Å². The fourth-order valence-corrected chi connectivity index (χ4v) is 4.33. The lowest BCUT2D eigenvalue weighted by Gasteiger charge is -2.17. The Labute approximate surface area is 184 Å². The number of rotatable bonds is 5. The third kappa shape index (κ3) is 3.59. The normalized spacial score (nSPS) is 15.9. The van der Waals surface area contributed by atoms with Crippen molar-refractivity contribution in [3.8, 4) is 22.6 Å². The third-order valence-corrected chi connectivity index (χ3v) is 6.72. The van der Waals surface area contributed by atoms with Crippen LogP contribution >= 0.6 is 0 Å². The van der Waals surface area contributed by atoms with E-state index >= 15 is 0 Å². The van der Waals surface area contributed by atoms with Gasteiger partial charge < -0.3 is 14.8 Å². The van der Waals surface area contributed by atoms with Crippen LogP contribution in [0.3, 0.4) is 0 Å². The summed E-state index contributed by atoms with van der Waals surface area (Å²) in [6.45, 7) is 0.144. The molecule has 0 aromatic heterocycles. The van der Waals surface area contributed by atoms with Gasteiger partial charge in [-0.2, -0.15) is 0 Å². The van der Waals surface area contributed by atoms with Crippen molar-refractivity contribution in [1.29, 1.82) is 0 Å². The van der Waals surface area contributed by atoms with Gasteiger partial charge >= 0.3 is 0 Å². The van der Waals surface area contributed by atoms with Gasteiger partial charge in [-0.3, -0.25) is 4.79 Å². The van der Waals surface area contributed by atoms with Crippen molar-refractivity contribution >= 4 is 21.6 Å². The van der Waals surface area contributed by atoms with Gasteiger partial charge in [0.2, 0.25) is 12.7 Å². The second-order valence-electron chi connectivity index (χ2n) is 7.83. The zero-order valence-electron chi connectivity index (χ0n) is 16.7. The lowest BCUT2D eigenvalue weighted by molar-refractivity contribution is -0.118. The highest BCUT2D eigenvalue weighted by Gasteiger charge is 2.51. The van der Waals surface area contributed by atoms with Crippen molar-refractivity contribution in [2.75, 3.05) is 12.1 Å². The van der Waals surface area contributed by atoms with Gasteiger partial charge in [-0.05, 0) is 65.9 Å². The van der Waals surface area contributed by atoms with Crippen LogP contribution in [0.25, 0.3) is 11.1 Å². The number of benzene rings is 3. The minimum Gasteiger partial charge on any atom is -0.454 e. The number of anilines is 1. The average Bonchev–Trinajstić information content (AvgIpc) is 3.45. The van der Waals surface area contributed by atoms with Crippen molar-refractivity contribution < 1.29 is 27.1 Å². The molecule has 0 atom stereocenters. The maximum absolute atomic E-state index is 14.5. The Bertz CT molecular complexity index is 1330. The number of hydrogen-bond acceptors (Lipinski definition) is 5. The molecule has 1 saturated carbocycles. The van der Waals surface area contributed by atoms with Gasteiger partial charge in [0.1, 0.15) is 5.82 Å². The molecule has 32 heavy (non-hydrogen) atoms. The zero-order chi connectivity index (χ0) is 22.5. The predicted molar refractivity (Wildman–Crippen MR) is 114 cm³/mol. The number of carbonyl (C=O) groups is 1. The van der Waals surface area contributed by atoms with E-state index in [2.05, 4.69) is 5.32 Å². The quantitative estimate of drug-likeness (QED) is 0.632. The lowest BCUT2D eigenvalue weighted by Crippen LogP contribution is -2.28. The highest BCUT2D eigenvalue weighted by Crippen LogP contribution is 2.51. The molecule has 3 aromatic carbocycles. The van der Waals surface area contributed by atoms with Crippen LogP contribution < -0.4 is 19.9 Å². The summed E-state index contributed by atoms with van der Waals surface area (Å²) in [4.78, 5) is 13.0. The topological polar surface area (TPSA) is 106 Å². The van der Waals surface area contributed by atoms with Crippen molar-refractivity contribution in [2.45, 2.75) is 23.2 Å². The Hall–Kier alpha value is -3.43.